The molecule has 0 heterocycles. The lowest BCUT2D eigenvalue weighted by Crippen LogP contribution is -2.37. The lowest BCUT2D eigenvalue weighted by Gasteiger charge is -2.14. The summed E-state index contributed by atoms with van der Waals surface area (Å²) in [5, 5.41) is 6.53. The Bertz CT molecular complexity index is 665. The monoisotopic (exact) mass is 328 g/mol. The molecule has 2 N–H and O–H groups in total. The van der Waals surface area contributed by atoms with E-state index in [-0.39, 0.29) is 5.82 Å². The molecule has 0 fully saturated rings. The van der Waals surface area contributed by atoms with Crippen LogP contribution >= 0.6 is 0 Å². The van der Waals surface area contributed by atoms with Crippen LogP contribution in [0.3, 0.4) is 0 Å². The lowest BCUT2D eigenvalue weighted by atomic mass is 10.1. The van der Waals surface area contributed by atoms with Gasteiger partial charge in [-0.3, -0.25) is 4.99 Å². The first-order valence-electron chi connectivity index (χ1n) is 8.03. The van der Waals surface area contributed by atoms with Gasteiger partial charge in [0, 0.05) is 39.9 Å². The van der Waals surface area contributed by atoms with Gasteiger partial charge in [0.25, 0.3) is 0 Å². The van der Waals surface area contributed by atoms with Gasteiger partial charge < -0.3 is 15.5 Å². The number of hydrogen-bond acceptors (Lipinski definition) is 2. The molecule has 0 radical (unpaired) electrons. The second kappa shape index (κ2) is 8.91. The van der Waals surface area contributed by atoms with Crippen LogP contribution in [-0.4, -0.2) is 33.6 Å². The quantitative estimate of drug-likeness (QED) is 0.633. The molecule has 2 rings (SSSR count). The molecule has 0 aliphatic rings. The van der Waals surface area contributed by atoms with Crippen molar-refractivity contribution in [1.29, 1.82) is 0 Å². The Balaban J connectivity index is 1.78. The third kappa shape index (κ3) is 5.57. The topological polar surface area (TPSA) is 39.7 Å². The molecule has 0 amide bonds. The summed E-state index contributed by atoms with van der Waals surface area (Å²) in [4.78, 5) is 6.28. The normalized spacial score (nSPS) is 11.2. The van der Waals surface area contributed by atoms with Crippen molar-refractivity contribution in [3.8, 4) is 0 Å². The minimum Gasteiger partial charge on any atom is -0.378 e. The Labute approximate surface area is 143 Å². The van der Waals surface area contributed by atoms with Gasteiger partial charge in [-0.25, -0.2) is 4.39 Å². The van der Waals surface area contributed by atoms with Crippen molar-refractivity contribution >= 4 is 11.6 Å². The smallest absolute Gasteiger partial charge is 0.191 e. The SMILES string of the molecule is CN=C(NCCc1cccc(F)c1)NCc1ccc(N(C)C)cc1. The van der Waals surface area contributed by atoms with E-state index >= 15 is 0 Å². The molecule has 128 valence electrons. The predicted octanol–water partition coefficient (Wildman–Crippen LogP) is 2.80. The first-order chi connectivity index (χ1) is 11.6. The highest BCUT2D eigenvalue weighted by atomic mass is 19.1. The molecular weight excluding hydrogens is 303 g/mol. The number of halogens is 1. The minimum atomic E-state index is -0.198. The van der Waals surface area contributed by atoms with E-state index in [9.17, 15) is 4.39 Å². The number of benzene rings is 2. The Hall–Kier alpha value is -2.56. The molecular formula is C19H25FN4. The van der Waals surface area contributed by atoms with E-state index in [1.807, 2.05) is 20.2 Å². The fourth-order valence-corrected chi connectivity index (χ4v) is 2.34. The molecule has 0 aliphatic carbocycles. The fourth-order valence-electron chi connectivity index (χ4n) is 2.34. The van der Waals surface area contributed by atoms with Gasteiger partial charge in [0.2, 0.25) is 0 Å². The summed E-state index contributed by atoms with van der Waals surface area (Å²) in [7, 11) is 5.79. The van der Waals surface area contributed by atoms with Crippen LogP contribution in [0.5, 0.6) is 0 Å². The van der Waals surface area contributed by atoms with Gasteiger partial charge in [-0.15, -0.1) is 0 Å². The summed E-state index contributed by atoms with van der Waals surface area (Å²) in [5.41, 5.74) is 3.34. The van der Waals surface area contributed by atoms with Crippen LogP contribution in [0.1, 0.15) is 11.1 Å². The molecule has 0 spiro atoms. The highest BCUT2D eigenvalue weighted by Gasteiger charge is 2.01. The zero-order valence-corrected chi connectivity index (χ0v) is 14.5. The number of nitrogens with zero attached hydrogens (tertiary/aromatic N) is 2. The fraction of sp³-hybridized carbons (Fsp3) is 0.316. The molecule has 0 atom stereocenters. The number of aliphatic imine (C=N–C) groups is 1. The number of guanidine groups is 1. The Morgan fingerprint density at radius 1 is 1.04 bits per heavy atom. The average Bonchev–Trinajstić information content (AvgIpc) is 2.58. The van der Waals surface area contributed by atoms with Gasteiger partial charge in [-0.2, -0.15) is 0 Å². The van der Waals surface area contributed by atoms with Crippen molar-refractivity contribution < 1.29 is 4.39 Å². The van der Waals surface area contributed by atoms with Gasteiger partial charge in [0.05, 0.1) is 0 Å². The summed E-state index contributed by atoms with van der Waals surface area (Å²) < 4.78 is 13.1. The van der Waals surface area contributed by atoms with Crippen LogP contribution in [0.15, 0.2) is 53.5 Å². The molecule has 2 aromatic rings. The van der Waals surface area contributed by atoms with Gasteiger partial charge in [-0.1, -0.05) is 24.3 Å². The van der Waals surface area contributed by atoms with E-state index in [4.69, 9.17) is 0 Å². The van der Waals surface area contributed by atoms with Crippen molar-refractivity contribution in [3.63, 3.8) is 0 Å². The van der Waals surface area contributed by atoms with Crippen LogP contribution in [0.25, 0.3) is 0 Å². The lowest BCUT2D eigenvalue weighted by molar-refractivity contribution is 0.625. The van der Waals surface area contributed by atoms with Crippen molar-refractivity contribution in [2.75, 3.05) is 32.6 Å². The Kier molecular flexibility index (Phi) is 6.61. The third-order valence-corrected chi connectivity index (χ3v) is 3.73. The van der Waals surface area contributed by atoms with E-state index < -0.39 is 0 Å². The molecule has 0 saturated heterocycles. The van der Waals surface area contributed by atoms with Crippen LogP contribution < -0.4 is 15.5 Å². The first-order valence-corrected chi connectivity index (χ1v) is 8.03. The van der Waals surface area contributed by atoms with Crippen molar-refractivity contribution in [1.82, 2.24) is 10.6 Å². The number of anilines is 1. The van der Waals surface area contributed by atoms with Crippen LogP contribution in [0.4, 0.5) is 10.1 Å². The summed E-state index contributed by atoms with van der Waals surface area (Å²) in [6.45, 7) is 1.40. The molecule has 4 nitrogen and oxygen atoms in total. The van der Waals surface area contributed by atoms with Gasteiger partial charge in [-0.05, 0) is 41.8 Å². The molecule has 0 aromatic heterocycles. The van der Waals surface area contributed by atoms with E-state index in [1.54, 1.807) is 19.2 Å². The maximum absolute atomic E-state index is 13.1. The molecule has 0 aliphatic heterocycles. The Morgan fingerprint density at radius 2 is 1.79 bits per heavy atom. The van der Waals surface area contributed by atoms with Crippen molar-refractivity contribution in [2.24, 2.45) is 4.99 Å². The minimum absolute atomic E-state index is 0.198. The van der Waals surface area contributed by atoms with Crippen LogP contribution in [-0.2, 0) is 13.0 Å². The van der Waals surface area contributed by atoms with E-state index in [0.717, 1.165) is 17.9 Å². The van der Waals surface area contributed by atoms with E-state index in [2.05, 4.69) is 44.8 Å². The highest BCUT2D eigenvalue weighted by Crippen LogP contribution is 2.11. The second-order valence-corrected chi connectivity index (χ2v) is 5.79. The summed E-state index contributed by atoms with van der Waals surface area (Å²) in [6, 6.07) is 15.1. The first kappa shape index (κ1) is 17.8. The average molecular weight is 328 g/mol. The molecule has 24 heavy (non-hydrogen) atoms. The van der Waals surface area contributed by atoms with Crippen molar-refractivity contribution in [3.05, 3.63) is 65.5 Å². The number of rotatable bonds is 6. The third-order valence-electron chi connectivity index (χ3n) is 3.73. The number of hydrogen-bond donors (Lipinski definition) is 2. The van der Waals surface area contributed by atoms with Gasteiger partial charge in [0.1, 0.15) is 5.82 Å². The predicted molar refractivity (Wildman–Crippen MR) is 99.1 cm³/mol. The largest absolute Gasteiger partial charge is 0.378 e. The van der Waals surface area contributed by atoms with E-state index in [1.165, 1.54) is 17.3 Å². The zero-order valence-electron chi connectivity index (χ0n) is 14.5. The maximum atomic E-state index is 13.1. The van der Waals surface area contributed by atoms with Crippen molar-refractivity contribution in [2.45, 2.75) is 13.0 Å². The molecule has 2 aromatic carbocycles. The molecule has 0 bridgehead atoms. The summed E-state index contributed by atoms with van der Waals surface area (Å²) in [5.74, 6) is 0.541. The van der Waals surface area contributed by atoms with Gasteiger partial charge >= 0.3 is 0 Å². The molecule has 0 saturated carbocycles. The van der Waals surface area contributed by atoms with Crippen LogP contribution in [0.2, 0.25) is 0 Å². The second-order valence-electron chi connectivity index (χ2n) is 5.79. The summed E-state index contributed by atoms with van der Waals surface area (Å²) >= 11 is 0. The summed E-state index contributed by atoms with van der Waals surface area (Å²) in [6.07, 6.45) is 0.746. The maximum Gasteiger partial charge on any atom is 0.191 e. The Morgan fingerprint density at radius 3 is 2.42 bits per heavy atom. The molecule has 5 heteroatoms. The molecule has 0 unspecified atom stereocenters. The highest BCUT2D eigenvalue weighted by molar-refractivity contribution is 5.79. The zero-order chi connectivity index (χ0) is 17.4. The van der Waals surface area contributed by atoms with E-state index in [0.29, 0.717) is 13.1 Å². The van der Waals surface area contributed by atoms with Crippen LogP contribution in [0, 0.1) is 5.82 Å². The van der Waals surface area contributed by atoms with Gasteiger partial charge in [0.15, 0.2) is 5.96 Å². The standard InChI is InChI=1S/C19H25FN4/c1-21-19(22-12-11-15-5-4-6-17(20)13-15)23-14-16-7-9-18(10-8-16)24(2)3/h4-10,13H,11-12,14H2,1-3H3,(H2,21,22,23). The number of nitrogens with one attached hydrogen (secondary N) is 2.